The van der Waals surface area contributed by atoms with E-state index in [0.717, 1.165) is 30.0 Å². The number of hydrogen-bond donors (Lipinski definition) is 1. The molecule has 228 valence electrons. The fourth-order valence-corrected chi connectivity index (χ4v) is 7.77. The summed E-state index contributed by atoms with van der Waals surface area (Å²) in [6, 6.07) is 12.2. The first-order chi connectivity index (χ1) is 20.8. The largest absolute Gasteiger partial charge is 0.465 e. The molecule has 2 amide bonds. The van der Waals surface area contributed by atoms with Crippen LogP contribution in [0.15, 0.2) is 66.8 Å². The van der Waals surface area contributed by atoms with E-state index in [2.05, 4.69) is 0 Å². The number of allylic oxidation sites excluding steroid dienone is 1. The molecule has 4 aliphatic heterocycles. The van der Waals surface area contributed by atoms with Crippen molar-refractivity contribution < 1.29 is 29.0 Å². The summed E-state index contributed by atoms with van der Waals surface area (Å²) in [6.45, 7) is 6.26. The van der Waals surface area contributed by atoms with E-state index < -0.39 is 41.1 Å². The number of benzene rings is 2. The fourth-order valence-electron chi connectivity index (χ4n) is 7.77. The Kier molecular flexibility index (Phi) is 7.94. The van der Waals surface area contributed by atoms with Crippen molar-refractivity contribution in [3.05, 3.63) is 66.8 Å². The maximum atomic E-state index is 14.9. The summed E-state index contributed by atoms with van der Waals surface area (Å²) in [6.07, 6.45) is 11.1. The first-order valence-electron chi connectivity index (χ1n) is 15.7. The highest BCUT2D eigenvalue weighted by molar-refractivity contribution is 6.06. The number of cyclic esters (lactones) is 1. The first-order valence-corrected chi connectivity index (χ1v) is 15.7. The maximum absolute atomic E-state index is 14.9. The van der Waals surface area contributed by atoms with Crippen molar-refractivity contribution in [3.8, 4) is 0 Å². The van der Waals surface area contributed by atoms with Gasteiger partial charge in [0.15, 0.2) is 0 Å². The van der Waals surface area contributed by atoms with E-state index in [-0.39, 0.29) is 37.5 Å². The van der Waals surface area contributed by atoms with Crippen molar-refractivity contribution in [1.82, 2.24) is 4.90 Å². The number of ether oxygens (including phenoxy) is 2. The molecule has 1 spiro atoms. The van der Waals surface area contributed by atoms with Crippen molar-refractivity contribution >= 4 is 34.2 Å². The third-order valence-corrected chi connectivity index (χ3v) is 9.71. The highest BCUT2D eigenvalue weighted by Gasteiger charge is 2.75. The van der Waals surface area contributed by atoms with Crippen LogP contribution in [0.4, 0.5) is 5.69 Å². The van der Waals surface area contributed by atoms with Crippen molar-refractivity contribution in [3.63, 3.8) is 0 Å². The van der Waals surface area contributed by atoms with Crippen LogP contribution in [0.5, 0.6) is 0 Å². The lowest BCUT2D eigenvalue weighted by Gasteiger charge is -2.41. The van der Waals surface area contributed by atoms with Crippen molar-refractivity contribution in [1.29, 1.82) is 0 Å². The molecule has 0 aromatic heterocycles. The minimum atomic E-state index is -1.40. The van der Waals surface area contributed by atoms with Gasteiger partial charge in [-0.2, -0.15) is 0 Å². The number of rotatable bonds is 6. The summed E-state index contributed by atoms with van der Waals surface area (Å²) >= 11 is 0. The Balaban J connectivity index is 1.52. The lowest BCUT2D eigenvalue weighted by atomic mass is 9.73. The van der Waals surface area contributed by atoms with Crippen molar-refractivity contribution in [2.24, 2.45) is 17.8 Å². The molecular formula is C35H42N2O6. The Labute approximate surface area is 253 Å². The zero-order valence-electron chi connectivity index (χ0n) is 25.3. The minimum Gasteiger partial charge on any atom is -0.465 e. The normalized spacial score (nSPS) is 32.3. The lowest BCUT2D eigenvalue weighted by Crippen LogP contribution is -2.59. The number of esters is 1. The van der Waals surface area contributed by atoms with Crippen LogP contribution in [0, 0.1) is 17.8 Å². The molecule has 43 heavy (non-hydrogen) atoms. The van der Waals surface area contributed by atoms with Crippen LogP contribution in [0.1, 0.15) is 52.9 Å². The van der Waals surface area contributed by atoms with Gasteiger partial charge in [-0.15, -0.1) is 0 Å². The van der Waals surface area contributed by atoms with Crippen LogP contribution in [-0.4, -0.2) is 70.8 Å². The fraction of sp³-hybridized carbons (Fsp3) is 0.514. The third kappa shape index (κ3) is 4.79. The Bertz CT molecular complexity index is 1470. The molecule has 0 radical (unpaired) electrons. The maximum Gasteiger partial charge on any atom is 0.313 e. The Morgan fingerprint density at radius 3 is 2.51 bits per heavy atom. The Morgan fingerprint density at radius 2 is 1.77 bits per heavy atom. The second kappa shape index (κ2) is 11.5. The molecule has 0 bridgehead atoms. The number of likely N-dealkylation sites (tertiary alicyclic amines) is 1. The summed E-state index contributed by atoms with van der Waals surface area (Å²) in [5.41, 5.74) is -1.79. The quantitative estimate of drug-likeness (QED) is 0.386. The second-order valence-electron chi connectivity index (χ2n) is 12.8. The molecule has 8 heteroatoms. The third-order valence-electron chi connectivity index (χ3n) is 9.71. The predicted octanol–water partition coefficient (Wildman–Crippen LogP) is 4.79. The van der Waals surface area contributed by atoms with Gasteiger partial charge in [-0.3, -0.25) is 14.4 Å². The average molecular weight is 587 g/mol. The topological polar surface area (TPSA) is 96.4 Å². The van der Waals surface area contributed by atoms with Crippen LogP contribution in [0.2, 0.25) is 0 Å². The molecular weight excluding hydrogens is 544 g/mol. The Morgan fingerprint density at radius 1 is 0.977 bits per heavy atom. The number of amides is 2. The van der Waals surface area contributed by atoms with Crippen LogP contribution >= 0.6 is 0 Å². The highest BCUT2D eigenvalue weighted by Crippen LogP contribution is 2.58. The van der Waals surface area contributed by atoms with Gasteiger partial charge in [0, 0.05) is 12.2 Å². The second-order valence-corrected chi connectivity index (χ2v) is 12.8. The van der Waals surface area contributed by atoms with Gasteiger partial charge in [-0.1, -0.05) is 75.4 Å². The summed E-state index contributed by atoms with van der Waals surface area (Å²) < 4.78 is 12.8. The molecule has 1 unspecified atom stereocenters. The van der Waals surface area contributed by atoms with Gasteiger partial charge < -0.3 is 24.4 Å². The lowest BCUT2D eigenvalue weighted by molar-refractivity contribution is -0.161. The van der Waals surface area contributed by atoms with Crippen LogP contribution < -0.4 is 4.90 Å². The van der Waals surface area contributed by atoms with Gasteiger partial charge in [0.25, 0.3) is 5.91 Å². The summed E-state index contributed by atoms with van der Waals surface area (Å²) in [5, 5.41) is 12.7. The molecule has 2 fully saturated rings. The van der Waals surface area contributed by atoms with E-state index >= 15 is 0 Å². The van der Waals surface area contributed by atoms with E-state index in [1.54, 1.807) is 9.80 Å². The van der Waals surface area contributed by atoms with Gasteiger partial charge in [0.05, 0.1) is 25.2 Å². The first kappa shape index (κ1) is 29.6. The molecule has 2 aromatic carbocycles. The van der Waals surface area contributed by atoms with E-state index in [9.17, 15) is 19.5 Å². The summed E-state index contributed by atoms with van der Waals surface area (Å²) in [5.74, 6) is -2.82. The zero-order valence-corrected chi connectivity index (χ0v) is 25.3. The molecule has 0 saturated carbocycles. The van der Waals surface area contributed by atoms with E-state index in [1.807, 2.05) is 87.5 Å². The van der Waals surface area contributed by atoms with Crippen LogP contribution in [-0.2, 0) is 23.9 Å². The molecule has 8 nitrogen and oxygen atoms in total. The van der Waals surface area contributed by atoms with Gasteiger partial charge in [0.1, 0.15) is 23.2 Å². The van der Waals surface area contributed by atoms with Crippen molar-refractivity contribution in [2.75, 3.05) is 24.7 Å². The molecule has 6 atom stereocenters. The molecule has 1 N–H and O–H groups in total. The number of aliphatic hydroxyl groups excluding tert-OH is 1. The molecule has 2 saturated heterocycles. The number of anilines is 1. The standard InChI is InChI=1S/C35H42N2O6/c1-4-34-16-9-5-6-10-19-42-33(41)29(34)28-31(39)37(27(22-38)20-23(2)3)30-32(40)36(18-11-17-35(28,30)43-34)26-15-14-24-12-7-8-13-25(24)21-26/h7-9,11-17,21,23,27-30,38H,4-6,10,18-20,22H2,1-3H3/b16-9-/t27-,28+,29+,30?,34-,35+/m1/s1. The SMILES string of the molecule is CC[C@@]12/C=C\CCCCOC(=O)[C@@H]1[C@H]1C(=O)N([C@@H](CO)CC(C)C)C3C(=O)N(c4ccc5ccccc5c4)CC=C[C@@]31O2. The molecule has 4 aliphatic rings. The zero-order chi connectivity index (χ0) is 30.4. The highest BCUT2D eigenvalue weighted by atomic mass is 16.6. The summed E-state index contributed by atoms with van der Waals surface area (Å²) in [4.78, 5) is 46.7. The number of aliphatic hydroxyl groups is 1. The van der Waals surface area contributed by atoms with Crippen LogP contribution in [0.25, 0.3) is 10.8 Å². The van der Waals surface area contributed by atoms with Gasteiger partial charge in [-0.05, 0) is 60.9 Å². The Hall–Kier alpha value is -3.49. The molecule has 4 heterocycles. The summed E-state index contributed by atoms with van der Waals surface area (Å²) in [7, 11) is 0. The van der Waals surface area contributed by atoms with E-state index in [0.29, 0.717) is 18.5 Å². The smallest absolute Gasteiger partial charge is 0.313 e. The molecule has 2 aromatic rings. The molecule has 6 rings (SSSR count). The van der Waals surface area contributed by atoms with Crippen LogP contribution in [0.3, 0.4) is 0 Å². The van der Waals surface area contributed by atoms with Gasteiger partial charge >= 0.3 is 5.97 Å². The average Bonchev–Trinajstić information content (AvgIpc) is 3.36. The number of carbonyl (C=O) groups excluding carboxylic acids is 3. The van der Waals surface area contributed by atoms with Gasteiger partial charge in [-0.25, -0.2) is 0 Å². The number of carbonyl (C=O) groups is 3. The minimum absolute atomic E-state index is 0.159. The number of nitrogens with zero attached hydrogens (tertiary/aromatic N) is 2. The number of fused-ring (bicyclic) bond motifs is 3. The van der Waals surface area contributed by atoms with E-state index in [4.69, 9.17) is 9.47 Å². The van der Waals surface area contributed by atoms with Crippen molar-refractivity contribution in [2.45, 2.75) is 76.2 Å². The van der Waals surface area contributed by atoms with E-state index in [1.165, 1.54) is 0 Å². The molecule has 0 aliphatic carbocycles. The van der Waals surface area contributed by atoms with Gasteiger partial charge in [0.2, 0.25) is 5.91 Å². The number of hydrogen-bond acceptors (Lipinski definition) is 6. The predicted molar refractivity (Wildman–Crippen MR) is 164 cm³/mol. The monoisotopic (exact) mass is 586 g/mol.